The Labute approximate surface area is 124 Å². The van der Waals surface area contributed by atoms with Crippen molar-refractivity contribution < 1.29 is 9.73 Å². The summed E-state index contributed by atoms with van der Waals surface area (Å²) in [4.78, 5) is 4.08. The Morgan fingerprint density at radius 3 is 2.67 bits per heavy atom. The first-order chi connectivity index (χ1) is 10.2. The van der Waals surface area contributed by atoms with Crippen LogP contribution in [0.1, 0.15) is 11.1 Å². The molecule has 0 saturated carbocycles. The molecule has 2 aromatic carbocycles. The molecular weight excluding hydrogens is 262 g/mol. The number of benzene rings is 2. The molecule has 0 radical (unpaired) electrons. The molecule has 0 aliphatic heterocycles. The van der Waals surface area contributed by atoms with Crippen LogP contribution >= 0.6 is 0 Å². The van der Waals surface area contributed by atoms with E-state index in [1.54, 1.807) is 6.82 Å². The van der Waals surface area contributed by atoms with Crippen molar-refractivity contribution in [3.05, 3.63) is 47.5 Å². The molecule has 0 fully saturated rings. The van der Waals surface area contributed by atoms with Gasteiger partial charge in [0.25, 0.3) is 0 Å². The Morgan fingerprint density at radius 2 is 1.95 bits per heavy atom. The number of hydrogen-bond acceptors (Lipinski definition) is 4. The maximum absolute atomic E-state index is 10.3. The van der Waals surface area contributed by atoms with Crippen molar-refractivity contribution in [2.45, 2.75) is 13.2 Å². The van der Waals surface area contributed by atoms with Crippen LogP contribution in [0.4, 0.5) is 11.4 Å². The summed E-state index contributed by atoms with van der Waals surface area (Å²) >= 11 is 0. The molecule has 6 heteroatoms. The second-order valence-corrected chi connectivity index (χ2v) is 5.12. The quantitative estimate of drug-likeness (QED) is 0.568. The van der Waals surface area contributed by atoms with Crippen LogP contribution in [0.15, 0.2) is 41.4 Å². The van der Waals surface area contributed by atoms with E-state index in [1.165, 1.54) is 28.4 Å². The second kappa shape index (κ2) is 5.66. The molecule has 0 atom stereocenters. The van der Waals surface area contributed by atoms with Crippen LogP contribution in [-0.2, 0) is 11.1 Å². The van der Waals surface area contributed by atoms with Crippen LogP contribution in [0.2, 0.25) is 6.82 Å². The average molecular weight is 276 g/mol. The molecule has 0 amide bonds. The molecule has 0 aromatic heterocycles. The van der Waals surface area contributed by atoms with Crippen molar-refractivity contribution in [3.63, 3.8) is 0 Å². The molecule has 0 bridgehead atoms. The van der Waals surface area contributed by atoms with Crippen LogP contribution in [0.3, 0.4) is 0 Å². The zero-order valence-corrected chi connectivity index (χ0v) is 11.7. The zero-order valence-electron chi connectivity index (χ0n) is 11.7. The summed E-state index contributed by atoms with van der Waals surface area (Å²) in [7, 11) is 0.104. The number of nitrogens with zero attached hydrogens (tertiary/aromatic N) is 1. The van der Waals surface area contributed by atoms with Gasteiger partial charge in [0, 0.05) is 0 Å². The van der Waals surface area contributed by atoms with Gasteiger partial charge in [0.2, 0.25) is 0 Å². The summed E-state index contributed by atoms with van der Waals surface area (Å²) in [6.45, 7) is 1.69. The van der Waals surface area contributed by atoms with Crippen LogP contribution in [0.5, 0.6) is 0 Å². The third kappa shape index (κ3) is 2.81. The van der Waals surface area contributed by atoms with Crippen LogP contribution in [-0.4, -0.2) is 25.3 Å². The molecule has 2 aromatic rings. The van der Waals surface area contributed by atoms with Gasteiger partial charge in [-0.15, -0.1) is 0 Å². The van der Waals surface area contributed by atoms with Crippen LogP contribution in [0.25, 0.3) is 11.1 Å². The fourth-order valence-corrected chi connectivity index (χ4v) is 2.72. The summed E-state index contributed by atoms with van der Waals surface area (Å²) < 4.78 is 10.3. The Morgan fingerprint density at radius 1 is 1.24 bits per heavy atom. The molecule has 0 unspecified atom stereocenters. The Bertz CT molecular complexity index is 730. The summed E-state index contributed by atoms with van der Waals surface area (Å²) in [5, 5.41) is 12.4. The number of nitrogens with one attached hydrogen (secondary N) is 1. The number of hydrogen-bond donors (Lipinski definition) is 2. The topological polar surface area (TPSA) is 61.7 Å². The van der Waals surface area contributed by atoms with E-state index in [0.29, 0.717) is 7.15 Å². The fraction of sp³-hybridized carbons (Fsp3) is 0.133. The van der Waals surface area contributed by atoms with Crippen molar-refractivity contribution in [2.24, 2.45) is 4.99 Å². The van der Waals surface area contributed by atoms with E-state index in [1.807, 2.05) is 24.3 Å². The van der Waals surface area contributed by atoms with Gasteiger partial charge in [-0.25, -0.2) is 0 Å². The van der Waals surface area contributed by atoms with Gasteiger partial charge in [-0.1, -0.05) is 0 Å². The molecule has 1 aliphatic rings. The minimum atomic E-state index is -0.573. The van der Waals surface area contributed by atoms with Crippen LogP contribution in [0, 0.1) is 0 Å². The van der Waals surface area contributed by atoms with Gasteiger partial charge < -0.3 is 0 Å². The standard InChI is InChI=1S/C15H14B2N2O2/c1-17(21)19-13-3-5-15-11(8-13)6-10-7-12(18-9-16-20)2-4-14(10)15/h2-5,7-9,19,21H,6H2,1H3. The van der Waals surface area contributed by atoms with Gasteiger partial charge >= 0.3 is 124 Å². The molecule has 102 valence electrons. The van der Waals surface area contributed by atoms with E-state index in [-0.39, 0.29) is 0 Å². The number of rotatable bonds is 4. The number of anilines is 1. The van der Waals surface area contributed by atoms with Gasteiger partial charge in [0.1, 0.15) is 0 Å². The SMILES string of the molecule is CB(O)Nc1ccc2c(c1)Cc1cc(N=CB=O)ccc1-2. The summed E-state index contributed by atoms with van der Waals surface area (Å²) in [5.74, 6) is 0. The molecule has 0 saturated heterocycles. The van der Waals surface area contributed by atoms with E-state index in [2.05, 4.69) is 22.4 Å². The first-order valence-corrected chi connectivity index (χ1v) is 6.86. The predicted octanol–water partition coefficient (Wildman–Crippen LogP) is 2.49. The monoisotopic (exact) mass is 276 g/mol. The third-order valence-corrected chi connectivity index (χ3v) is 3.53. The van der Waals surface area contributed by atoms with E-state index >= 15 is 0 Å². The van der Waals surface area contributed by atoms with Crippen molar-refractivity contribution >= 4 is 31.7 Å². The summed E-state index contributed by atoms with van der Waals surface area (Å²) in [6, 6.07) is 12.1. The molecule has 21 heavy (non-hydrogen) atoms. The first kappa shape index (κ1) is 13.8. The van der Waals surface area contributed by atoms with Gasteiger partial charge in [-0.3, -0.25) is 0 Å². The van der Waals surface area contributed by atoms with Gasteiger partial charge in [-0.2, -0.15) is 0 Å². The van der Waals surface area contributed by atoms with Crippen molar-refractivity contribution in [2.75, 3.05) is 5.23 Å². The Kier molecular flexibility index (Phi) is 3.71. The number of fused-ring (bicyclic) bond motifs is 3. The van der Waals surface area contributed by atoms with Gasteiger partial charge in [0.15, 0.2) is 0 Å². The fourth-order valence-electron chi connectivity index (χ4n) is 2.72. The molecule has 0 heterocycles. The van der Waals surface area contributed by atoms with E-state index in [4.69, 9.17) is 0 Å². The molecule has 3 rings (SSSR count). The predicted molar refractivity (Wildman–Crippen MR) is 86.7 cm³/mol. The Balaban J connectivity index is 1.93. The summed E-state index contributed by atoms with van der Waals surface area (Å²) in [5.41, 5.74) is 6.56. The molecular formula is C15H14B2N2O2. The third-order valence-electron chi connectivity index (χ3n) is 3.53. The average Bonchev–Trinajstić information content (AvgIpc) is 2.81. The second-order valence-electron chi connectivity index (χ2n) is 5.12. The van der Waals surface area contributed by atoms with Gasteiger partial charge in [-0.05, 0) is 0 Å². The minimum absolute atomic E-state index is 0.573. The van der Waals surface area contributed by atoms with Crippen molar-refractivity contribution in [1.82, 2.24) is 0 Å². The van der Waals surface area contributed by atoms with E-state index < -0.39 is 7.05 Å². The molecule has 1 aliphatic carbocycles. The van der Waals surface area contributed by atoms with E-state index in [0.717, 1.165) is 17.8 Å². The molecule has 0 spiro atoms. The summed E-state index contributed by atoms with van der Waals surface area (Å²) in [6.07, 6.45) is 2.10. The van der Waals surface area contributed by atoms with Crippen molar-refractivity contribution in [3.8, 4) is 11.1 Å². The molecule has 4 nitrogen and oxygen atoms in total. The molecule has 2 N–H and O–H groups in total. The Hall–Kier alpha value is -2.20. The van der Waals surface area contributed by atoms with Gasteiger partial charge in [0.05, 0.1) is 0 Å². The normalized spacial score (nSPS) is 11.9. The maximum atomic E-state index is 10.3. The van der Waals surface area contributed by atoms with Crippen LogP contribution < -0.4 is 5.23 Å². The zero-order chi connectivity index (χ0) is 14.8. The number of aliphatic imine (C=N–C) groups is 1. The van der Waals surface area contributed by atoms with Crippen molar-refractivity contribution in [1.29, 1.82) is 0 Å². The van der Waals surface area contributed by atoms with E-state index in [9.17, 15) is 9.73 Å². The first-order valence-electron chi connectivity index (χ1n) is 6.86.